The van der Waals surface area contributed by atoms with Crippen molar-refractivity contribution in [3.8, 4) is 23.0 Å². The van der Waals surface area contributed by atoms with Gasteiger partial charge in [-0.25, -0.2) is 0 Å². The minimum atomic E-state index is 0.0271. The molecule has 0 unspecified atom stereocenters. The van der Waals surface area contributed by atoms with Crippen molar-refractivity contribution in [2.24, 2.45) is 11.8 Å². The molecule has 0 radical (unpaired) electrons. The van der Waals surface area contributed by atoms with Crippen LogP contribution in [0, 0.1) is 11.8 Å². The second kappa shape index (κ2) is 11.7. The maximum absolute atomic E-state index is 13.2. The number of carbonyl (C=O) groups is 2. The number of allylic oxidation sites excluding steroid dienone is 2. The lowest BCUT2D eigenvalue weighted by Crippen LogP contribution is -2.42. The number of hydrogen-bond acceptors (Lipinski definition) is 6. The van der Waals surface area contributed by atoms with Gasteiger partial charge in [-0.05, 0) is 110 Å². The van der Waals surface area contributed by atoms with Crippen LogP contribution in [0.5, 0.6) is 23.0 Å². The molecule has 2 amide bonds. The van der Waals surface area contributed by atoms with E-state index >= 15 is 0 Å². The second-order valence-electron chi connectivity index (χ2n) is 11.9. The van der Waals surface area contributed by atoms with Crippen LogP contribution in [-0.2, 0) is 9.59 Å². The minimum Gasteiger partial charge on any atom is -0.454 e. The van der Waals surface area contributed by atoms with Crippen molar-refractivity contribution >= 4 is 11.8 Å². The van der Waals surface area contributed by atoms with Gasteiger partial charge in [0.2, 0.25) is 25.4 Å². The number of hydrogen-bond donors (Lipinski definition) is 0. The van der Waals surface area contributed by atoms with Gasteiger partial charge in [0.05, 0.1) is 0 Å². The lowest BCUT2D eigenvalue weighted by atomic mass is 9.52. The molecule has 0 N–H and O–H groups in total. The zero-order valence-electron chi connectivity index (χ0n) is 23.9. The number of piperidine rings is 2. The van der Waals surface area contributed by atoms with E-state index in [1.165, 1.54) is 12.8 Å². The Morgan fingerprint density at radius 3 is 1.40 bits per heavy atom. The molecular weight excluding hydrogens is 532 g/mol. The molecule has 2 saturated heterocycles. The Morgan fingerprint density at radius 1 is 0.571 bits per heavy atom. The summed E-state index contributed by atoms with van der Waals surface area (Å²) in [5.41, 5.74) is 2.22. The summed E-state index contributed by atoms with van der Waals surface area (Å²) in [6.45, 7) is 3.68. The molecule has 1 saturated carbocycles. The number of fused-ring (bicyclic) bond motifs is 2. The van der Waals surface area contributed by atoms with E-state index in [-0.39, 0.29) is 49.1 Å². The molecule has 3 fully saturated rings. The number of nitrogens with zero attached hydrogens (tertiary/aromatic N) is 2. The average molecular weight is 571 g/mol. The molecule has 0 bridgehead atoms. The smallest absolute Gasteiger partial charge is 0.246 e. The number of carbonyl (C=O) groups excluding carboxylic acids is 2. The third-order valence-corrected chi connectivity index (χ3v) is 9.48. The quantitative estimate of drug-likeness (QED) is 0.433. The van der Waals surface area contributed by atoms with E-state index in [0.29, 0.717) is 0 Å². The van der Waals surface area contributed by atoms with Gasteiger partial charge in [0.1, 0.15) is 0 Å². The summed E-state index contributed by atoms with van der Waals surface area (Å²) < 4.78 is 22.6. The first-order valence-electron chi connectivity index (χ1n) is 15.4. The maximum Gasteiger partial charge on any atom is 0.246 e. The highest BCUT2D eigenvalue weighted by Crippen LogP contribution is 2.60. The number of likely N-dealkylation sites (tertiary alicyclic amines) is 2. The van der Waals surface area contributed by atoms with Gasteiger partial charge >= 0.3 is 0 Å². The van der Waals surface area contributed by atoms with Crippen molar-refractivity contribution < 1.29 is 28.5 Å². The van der Waals surface area contributed by atoms with Gasteiger partial charge in [-0.2, -0.15) is 0 Å². The molecule has 0 aromatic heterocycles. The fourth-order valence-electron chi connectivity index (χ4n) is 7.25. The number of ether oxygens (including phenoxy) is 4. The summed E-state index contributed by atoms with van der Waals surface area (Å²) in [6.07, 6.45) is 14.3. The molecule has 4 aliphatic heterocycles. The van der Waals surface area contributed by atoms with E-state index in [1.807, 2.05) is 21.9 Å². The third kappa shape index (κ3) is 5.23. The van der Waals surface area contributed by atoms with Crippen LogP contribution in [0.3, 0.4) is 0 Å². The molecule has 7 rings (SSSR count). The fourth-order valence-corrected chi connectivity index (χ4v) is 7.25. The van der Waals surface area contributed by atoms with Gasteiger partial charge in [0.15, 0.2) is 23.0 Å². The molecule has 5 aliphatic rings. The van der Waals surface area contributed by atoms with Crippen LogP contribution in [-0.4, -0.2) is 61.4 Å². The van der Waals surface area contributed by atoms with E-state index < -0.39 is 0 Å². The molecule has 2 aromatic carbocycles. The molecule has 4 heterocycles. The van der Waals surface area contributed by atoms with Crippen molar-refractivity contribution in [2.75, 3.05) is 39.8 Å². The van der Waals surface area contributed by atoms with Gasteiger partial charge < -0.3 is 28.7 Å². The van der Waals surface area contributed by atoms with Crippen LogP contribution < -0.4 is 18.9 Å². The number of amides is 2. The largest absolute Gasteiger partial charge is 0.454 e. The van der Waals surface area contributed by atoms with Crippen LogP contribution in [0.2, 0.25) is 0 Å². The SMILES string of the molecule is O=C(/C=C/[C@H]1[C@H](c2ccc3c(c2)OCO3)[C@@H](/C=C/C(=O)N2CCCCC2)[C@@H]1c1ccc2c(c1)OCO2)N1CCCCC1. The summed E-state index contributed by atoms with van der Waals surface area (Å²) in [7, 11) is 0. The molecule has 1 aliphatic carbocycles. The molecule has 2 aromatic rings. The molecule has 42 heavy (non-hydrogen) atoms. The van der Waals surface area contributed by atoms with Crippen molar-refractivity contribution in [3.05, 3.63) is 71.8 Å². The molecular formula is C34H38N2O6. The topological polar surface area (TPSA) is 77.5 Å². The zero-order chi connectivity index (χ0) is 28.5. The Kier molecular flexibility index (Phi) is 7.53. The van der Waals surface area contributed by atoms with Crippen molar-refractivity contribution in [1.82, 2.24) is 9.80 Å². The number of rotatable bonds is 6. The Morgan fingerprint density at radius 2 is 0.976 bits per heavy atom. The highest BCUT2D eigenvalue weighted by atomic mass is 16.7. The summed E-state index contributed by atoms with van der Waals surface area (Å²) in [5.74, 6) is 3.24. The standard InChI is InChI=1S/C34H38N2O6/c37-31(35-15-3-1-4-16-35)13-9-25-33(23-7-11-27-29(19-23)41-21-39-27)26(10-14-32(38)36-17-5-2-6-18-36)34(25)24-8-12-28-30(20-24)42-22-40-28/h7-14,19-20,25-26,33-34H,1-6,15-18,21-22H2/b13-9+,14-10+/t25-,26+,33-,34+. The lowest BCUT2D eigenvalue weighted by Gasteiger charge is -2.51. The molecule has 0 atom stereocenters. The first-order chi connectivity index (χ1) is 20.7. The monoisotopic (exact) mass is 570 g/mol. The molecule has 0 spiro atoms. The highest BCUT2D eigenvalue weighted by molar-refractivity contribution is 5.88. The molecule has 220 valence electrons. The van der Waals surface area contributed by atoms with Gasteiger partial charge in [-0.15, -0.1) is 0 Å². The van der Waals surface area contributed by atoms with Crippen molar-refractivity contribution in [1.29, 1.82) is 0 Å². The third-order valence-electron chi connectivity index (χ3n) is 9.48. The fraction of sp³-hybridized carbons (Fsp3) is 0.471. The van der Waals surface area contributed by atoms with Gasteiger partial charge in [-0.3, -0.25) is 9.59 Å². The van der Waals surface area contributed by atoms with Crippen molar-refractivity contribution in [2.45, 2.75) is 50.4 Å². The summed E-state index contributed by atoms with van der Waals surface area (Å²) >= 11 is 0. The Bertz CT molecular complexity index is 1280. The van der Waals surface area contributed by atoms with Crippen LogP contribution in [0.1, 0.15) is 61.5 Å². The Balaban J connectivity index is 1.24. The van der Waals surface area contributed by atoms with E-state index in [1.54, 1.807) is 12.2 Å². The zero-order valence-corrected chi connectivity index (χ0v) is 23.9. The van der Waals surface area contributed by atoms with Gasteiger partial charge in [0, 0.05) is 26.2 Å². The normalized spacial score (nSPS) is 26.6. The summed E-state index contributed by atoms with van der Waals surface area (Å²) in [6, 6.07) is 12.2. The second-order valence-corrected chi connectivity index (χ2v) is 11.9. The lowest BCUT2D eigenvalue weighted by molar-refractivity contribution is -0.127. The van der Waals surface area contributed by atoms with E-state index in [4.69, 9.17) is 18.9 Å². The van der Waals surface area contributed by atoms with Crippen LogP contribution in [0.25, 0.3) is 0 Å². The number of benzene rings is 2. The minimum absolute atomic E-state index is 0.0271. The Hall–Kier alpha value is -3.94. The summed E-state index contributed by atoms with van der Waals surface area (Å²) in [4.78, 5) is 30.3. The predicted octanol–water partition coefficient (Wildman–Crippen LogP) is 5.39. The molecule has 8 nitrogen and oxygen atoms in total. The first-order valence-corrected chi connectivity index (χ1v) is 15.4. The van der Waals surface area contributed by atoms with Crippen molar-refractivity contribution in [3.63, 3.8) is 0 Å². The first kappa shape index (κ1) is 26.9. The molecule has 8 heteroatoms. The van der Waals surface area contributed by atoms with E-state index in [2.05, 4.69) is 36.4 Å². The average Bonchev–Trinajstić information content (AvgIpc) is 3.70. The summed E-state index contributed by atoms with van der Waals surface area (Å²) in [5, 5.41) is 0. The Labute approximate surface area is 246 Å². The van der Waals surface area contributed by atoms with E-state index in [0.717, 1.165) is 86.0 Å². The van der Waals surface area contributed by atoms with E-state index in [9.17, 15) is 9.59 Å². The van der Waals surface area contributed by atoms with Crippen LogP contribution in [0.15, 0.2) is 60.7 Å². The predicted molar refractivity (Wildman–Crippen MR) is 157 cm³/mol. The maximum atomic E-state index is 13.2. The van der Waals surface area contributed by atoms with Gasteiger partial charge in [-0.1, -0.05) is 24.3 Å². The van der Waals surface area contributed by atoms with Crippen LogP contribution >= 0.6 is 0 Å². The van der Waals surface area contributed by atoms with Crippen LogP contribution in [0.4, 0.5) is 0 Å². The van der Waals surface area contributed by atoms with Gasteiger partial charge in [0.25, 0.3) is 0 Å². The highest BCUT2D eigenvalue weighted by Gasteiger charge is 2.50.